The molecule has 0 unspecified atom stereocenters. The summed E-state index contributed by atoms with van der Waals surface area (Å²) in [4.78, 5) is 0. The van der Waals surface area contributed by atoms with Gasteiger partial charge in [0.25, 0.3) is 0 Å². The highest BCUT2D eigenvalue weighted by Gasteiger charge is 2.51. The second-order valence-corrected chi connectivity index (χ2v) is 5.65. The quantitative estimate of drug-likeness (QED) is 0.623. The molecule has 1 aromatic carbocycles. The molecule has 0 aliphatic carbocycles. The molecule has 0 radical (unpaired) electrons. The van der Waals surface area contributed by atoms with Gasteiger partial charge in [-0.05, 0) is 45.3 Å². The summed E-state index contributed by atoms with van der Waals surface area (Å²) in [6.45, 7) is 8.06. The van der Waals surface area contributed by atoms with Gasteiger partial charge in [0.1, 0.15) is 5.75 Å². The van der Waals surface area contributed by atoms with Crippen LogP contribution in [0, 0.1) is 0 Å². The Morgan fingerprint density at radius 2 is 1.56 bits per heavy atom. The minimum atomic E-state index is -0.381. The molecule has 1 saturated heterocycles. The zero-order valence-electron chi connectivity index (χ0n) is 11.0. The van der Waals surface area contributed by atoms with Crippen LogP contribution in [0.1, 0.15) is 27.7 Å². The van der Waals surface area contributed by atoms with E-state index in [2.05, 4.69) is 0 Å². The van der Waals surface area contributed by atoms with E-state index in [0.29, 0.717) is 5.75 Å². The smallest absolute Gasteiger partial charge is 0.408 e. The lowest BCUT2D eigenvalue weighted by atomic mass is 9.79. The maximum Gasteiger partial charge on any atom is 0.494 e. The molecule has 1 aromatic rings. The van der Waals surface area contributed by atoms with Crippen molar-refractivity contribution < 1.29 is 18.4 Å². The second kappa shape index (κ2) is 4.65. The summed E-state index contributed by atoms with van der Waals surface area (Å²) in [6.07, 6.45) is 0. The Morgan fingerprint density at radius 1 is 1.06 bits per heavy atom. The van der Waals surface area contributed by atoms with Gasteiger partial charge in [0, 0.05) is 0 Å². The van der Waals surface area contributed by atoms with E-state index >= 15 is 0 Å². The van der Waals surface area contributed by atoms with Crippen molar-refractivity contribution in [2.75, 3.05) is 0 Å². The molecule has 0 saturated carbocycles. The van der Waals surface area contributed by atoms with Crippen LogP contribution in [0.25, 0.3) is 0 Å². The highest BCUT2D eigenvalue weighted by molar-refractivity contribution is 7.17. The van der Waals surface area contributed by atoms with E-state index in [1.165, 1.54) is 0 Å². The third-order valence-electron chi connectivity index (χ3n) is 3.55. The fourth-order valence-corrected chi connectivity index (χ4v) is 1.92. The Morgan fingerprint density at radius 3 is 2.00 bits per heavy atom. The Hall–Kier alpha value is -0.895. The zero-order chi connectivity index (χ0) is 13.4. The molecule has 18 heavy (non-hydrogen) atoms. The standard InChI is InChI=1S/C12H16BO4P/c1-11(2)12(3,4)17-13(16-11)9-5-7-10(8-6-9)15-18-14/h5-8H,1-4H3. The van der Waals surface area contributed by atoms with Crippen LogP contribution in [0.4, 0.5) is 0 Å². The van der Waals surface area contributed by atoms with Crippen LogP contribution < -0.4 is 9.99 Å². The first-order valence-corrected chi connectivity index (χ1v) is 6.54. The van der Waals surface area contributed by atoms with E-state index in [9.17, 15) is 4.57 Å². The molecule has 2 rings (SSSR count). The summed E-state index contributed by atoms with van der Waals surface area (Å²) < 4.78 is 27.0. The molecule has 0 N–H and O–H groups in total. The molecule has 0 spiro atoms. The average Bonchev–Trinajstić information content (AvgIpc) is 2.50. The van der Waals surface area contributed by atoms with Gasteiger partial charge in [-0.15, -0.1) is 0 Å². The maximum atomic E-state index is 10.3. The van der Waals surface area contributed by atoms with Gasteiger partial charge < -0.3 is 13.8 Å². The predicted octanol–water partition coefficient (Wildman–Crippen LogP) is 2.57. The summed E-state index contributed by atoms with van der Waals surface area (Å²) in [5.74, 6) is 0.548. The molecule has 0 bridgehead atoms. The second-order valence-electron chi connectivity index (χ2n) is 5.32. The number of rotatable bonds is 3. The molecule has 6 heteroatoms. The van der Waals surface area contributed by atoms with E-state index in [1.54, 1.807) is 12.1 Å². The van der Waals surface area contributed by atoms with E-state index in [4.69, 9.17) is 13.8 Å². The van der Waals surface area contributed by atoms with E-state index < -0.39 is 0 Å². The van der Waals surface area contributed by atoms with Gasteiger partial charge in [-0.2, -0.15) is 0 Å². The first kappa shape index (κ1) is 13.5. The third kappa shape index (κ3) is 2.44. The van der Waals surface area contributed by atoms with Crippen LogP contribution in [0.15, 0.2) is 24.3 Å². The van der Waals surface area contributed by atoms with Gasteiger partial charge in [0.2, 0.25) is 0 Å². The van der Waals surface area contributed by atoms with Crippen molar-refractivity contribution in [3.8, 4) is 5.75 Å². The molecule has 96 valence electrons. The van der Waals surface area contributed by atoms with Gasteiger partial charge in [-0.25, -0.2) is 4.57 Å². The highest BCUT2D eigenvalue weighted by Crippen LogP contribution is 2.36. The minimum absolute atomic E-state index is 0.347. The SMILES string of the molecule is CC1(C)OB(c2ccc(OP=O)cc2)OC1(C)C. The van der Waals surface area contributed by atoms with Crippen LogP contribution in [0.3, 0.4) is 0 Å². The molecule has 1 heterocycles. The van der Waals surface area contributed by atoms with Gasteiger partial charge in [0.15, 0.2) is 0 Å². The zero-order valence-corrected chi connectivity index (χ0v) is 11.9. The summed E-state index contributed by atoms with van der Waals surface area (Å²) in [6, 6.07) is 7.18. The topological polar surface area (TPSA) is 44.8 Å². The molecule has 0 amide bonds. The molecule has 4 nitrogen and oxygen atoms in total. The van der Waals surface area contributed by atoms with Crippen LogP contribution in [-0.2, 0) is 13.9 Å². The molecular formula is C12H16BO4P. The molecule has 1 fully saturated rings. The Balaban J connectivity index is 2.17. The lowest BCUT2D eigenvalue weighted by Crippen LogP contribution is -2.41. The van der Waals surface area contributed by atoms with Crippen LogP contribution in [0.5, 0.6) is 5.75 Å². The van der Waals surface area contributed by atoms with Crippen molar-refractivity contribution in [3.63, 3.8) is 0 Å². The Bertz CT molecular complexity index is 428. The summed E-state index contributed by atoms with van der Waals surface area (Å²) >= 11 is 0. The van der Waals surface area contributed by atoms with E-state index in [0.717, 1.165) is 5.46 Å². The summed E-state index contributed by atoms with van der Waals surface area (Å²) in [5, 5.41) is 0. The third-order valence-corrected chi connectivity index (χ3v) is 3.83. The minimum Gasteiger partial charge on any atom is -0.408 e. The van der Waals surface area contributed by atoms with Crippen molar-refractivity contribution in [2.24, 2.45) is 0 Å². The van der Waals surface area contributed by atoms with Crippen molar-refractivity contribution in [1.82, 2.24) is 0 Å². The van der Waals surface area contributed by atoms with Crippen LogP contribution in [0.2, 0.25) is 0 Å². The van der Waals surface area contributed by atoms with E-state index in [-0.39, 0.29) is 27.0 Å². The van der Waals surface area contributed by atoms with Crippen LogP contribution in [-0.4, -0.2) is 18.3 Å². The largest absolute Gasteiger partial charge is 0.494 e. The van der Waals surface area contributed by atoms with E-state index in [1.807, 2.05) is 39.8 Å². The molecule has 0 atom stereocenters. The fraction of sp³-hybridized carbons (Fsp3) is 0.500. The normalized spacial score (nSPS) is 21.2. The van der Waals surface area contributed by atoms with Gasteiger partial charge in [-0.3, -0.25) is 0 Å². The maximum absolute atomic E-state index is 10.3. The number of hydrogen-bond donors (Lipinski definition) is 0. The van der Waals surface area contributed by atoms with Crippen LogP contribution >= 0.6 is 8.69 Å². The first-order valence-electron chi connectivity index (χ1n) is 5.81. The Kier molecular flexibility index (Phi) is 3.50. The summed E-state index contributed by atoms with van der Waals surface area (Å²) in [5.41, 5.74) is 0.226. The van der Waals surface area contributed by atoms with Gasteiger partial charge >= 0.3 is 15.8 Å². The predicted molar refractivity (Wildman–Crippen MR) is 70.4 cm³/mol. The van der Waals surface area contributed by atoms with Gasteiger partial charge in [-0.1, -0.05) is 12.1 Å². The number of benzene rings is 1. The first-order chi connectivity index (χ1) is 8.36. The molecule has 1 aliphatic heterocycles. The van der Waals surface area contributed by atoms with Crippen molar-refractivity contribution >= 4 is 21.3 Å². The monoisotopic (exact) mass is 266 g/mol. The Labute approximate surface area is 109 Å². The fourth-order valence-electron chi connectivity index (χ4n) is 1.71. The molecule has 1 aliphatic rings. The lowest BCUT2D eigenvalue weighted by molar-refractivity contribution is 0.00578. The summed E-state index contributed by atoms with van der Waals surface area (Å²) in [7, 11) is -0.736. The number of hydrogen-bond acceptors (Lipinski definition) is 4. The lowest BCUT2D eigenvalue weighted by Gasteiger charge is -2.32. The molecule has 0 aromatic heterocycles. The van der Waals surface area contributed by atoms with Crippen molar-refractivity contribution in [1.29, 1.82) is 0 Å². The van der Waals surface area contributed by atoms with Crippen molar-refractivity contribution in [2.45, 2.75) is 38.9 Å². The van der Waals surface area contributed by atoms with Crippen molar-refractivity contribution in [3.05, 3.63) is 24.3 Å². The van der Waals surface area contributed by atoms with Gasteiger partial charge in [0.05, 0.1) is 11.2 Å². The molecular weight excluding hydrogens is 250 g/mol. The average molecular weight is 266 g/mol. The highest BCUT2D eigenvalue weighted by atomic mass is 31.1.